The lowest BCUT2D eigenvalue weighted by molar-refractivity contribution is 0.274. The molecule has 1 aromatic heterocycles. The minimum atomic E-state index is -0.0613. The van der Waals surface area contributed by atoms with Crippen LogP contribution in [-0.2, 0) is 6.61 Å². The molecule has 106 valence electrons. The molecule has 0 aliphatic heterocycles. The first-order valence-electron chi connectivity index (χ1n) is 6.30. The zero-order valence-corrected chi connectivity index (χ0v) is 12.2. The average Bonchev–Trinajstić information content (AvgIpc) is 2.47. The van der Waals surface area contributed by atoms with Gasteiger partial charge in [-0.15, -0.1) is 0 Å². The largest absolute Gasteiger partial charge is 0.496 e. The van der Waals surface area contributed by atoms with E-state index < -0.39 is 0 Å². The summed E-state index contributed by atoms with van der Waals surface area (Å²) in [6.07, 6.45) is 1.68. The molecule has 1 atom stereocenters. The zero-order chi connectivity index (χ0) is 14.5. The van der Waals surface area contributed by atoms with Crippen molar-refractivity contribution < 1.29 is 9.84 Å². The number of methoxy groups -OCH3 is 1. The summed E-state index contributed by atoms with van der Waals surface area (Å²) in [7, 11) is 1.59. The molecule has 1 unspecified atom stereocenters. The Bertz CT molecular complexity index is 590. The van der Waals surface area contributed by atoms with E-state index in [1.165, 1.54) is 0 Å². The second-order valence-corrected chi connectivity index (χ2v) is 4.85. The number of aliphatic hydroxyl groups is 1. The van der Waals surface area contributed by atoms with Gasteiger partial charge >= 0.3 is 0 Å². The summed E-state index contributed by atoms with van der Waals surface area (Å²) in [4.78, 5) is 3.97. The number of hydrogen-bond donors (Lipinski definition) is 2. The Morgan fingerprint density at radius 2 is 2.15 bits per heavy atom. The molecule has 0 fully saturated rings. The Hall–Kier alpha value is -1.78. The molecule has 1 aromatic carbocycles. The number of aliphatic hydroxyl groups excluding tert-OH is 1. The van der Waals surface area contributed by atoms with E-state index in [-0.39, 0.29) is 12.6 Å². The predicted molar refractivity (Wildman–Crippen MR) is 80.2 cm³/mol. The lowest BCUT2D eigenvalue weighted by atomic mass is 10.1. The molecule has 0 amide bonds. The van der Waals surface area contributed by atoms with Crippen molar-refractivity contribution in [3.05, 3.63) is 52.8 Å². The molecule has 0 saturated heterocycles. The first kappa shape index (κ1) is 14.6. The number of rotatable bonds is 5. The molecule has 0 bridgehead atoms. The third-order valence-corrected chi connectivity index (χ3v) is 3.29. The highest BCUT2D eigenvalue weighted by Crippen LogP contribution is 2.26. The minimum Gasteiger partial charge on any atom is -0.496 e. The molecular formula is C15H17ClN2O2. The fourth-order valence-electron chi connectivity index (χ4n) is 2.01. The molecule has 20 heavy (non-hydrogen) atoms. The number of benzene rings is 1. The summed E-state index contributed by atoms with van der Waals surface area (Å²) in [5, 5.41) is 13.2. The van der Waals surface area contributed by atoms with Crippen LogP contribution < -0.4 is 10.1 Å². The van der Waals surface area contributed by atoms with Gasteiger partial charge in [0, 0.05) is 23.5 Å². The number of anilines is 1. The minimum absolute atomic E-state index is 0.0613. The summed E-state index contributed by atoms with van der Waals surface area (Å²) in [5.74, 6) is 0.678. The van der Waals surface area contributed by atoms with E-state index in [2.05, 4.69) is 10.3 Å². The van der Waals surface area contributed by atoms with Crippen LogP contribution in [0.15, 0.2) is 36.5 Å². The van der Waals surface area contributed by atoms with E-state index in [1.54, 1.807) is 13.3 Å². The van der Waals surface area contributed by atoms with Gasteiger partial charge in [-0.1, -0.05) is 11.6 Å². The van der Waals surface area contributed by atoms with Crippen LogP contribution in [0.1, 0.15) is 24.1 Å². The predicted octanol–water partition coefficient (Wildman–Crippen LogP) is 3.41. The van der Waals surface area contributed by atoms with Crippen molar-refractivity contribution in [3.8, 4) is 5.75 Å². The van der Waals surface area contributed by atoms with Gasteiger partial charge in [0.1, 0.15) is 10.9 Å². The SMILES string of the molecule is COc1ccc(NC(C)c2ccnc(Cl)c2)cc1CO. The van der Waals surface area contributed by atoms with E-state index in [1.807, 2.05) is 37.3 Å². The fourth-order valence-corrected chi connectivity index (χ4v) is 2.19. The highest BCUT2D eigenvalue weighted by Gasteiger charge is 2.08. The molecule has 4 nitrogen and oxygen atoms in total. The van der Waals surface area contributed by atoms with Crippen LogP contribution in [0, 0.1) is 0 Å². The third-order valence-electron chi connectivity index (χ3n) is 3.08. The highest BCUT2D eigenvalue weighted by molar-refractivity contribution is 6.29. The van der Waals surface area contributed by atoms with E-state index >= 15 is 0 Å². The molecule has 2 N–H and O–H groups in total. The second kappa shape index (κ2) is 6.59. The van der Waals surface area contributed by atoms with Crippen molar-refractivity contribution in [3.63, 3.8) is 0 Å². The first-order valence-corrected chi connectivity index (χ1v) is 6.67. The number of halogens is 1. The summed E-state index contributed by atoms with van der Waals surface area (Å²) >= 11 is 5.89. The van der Waals surface area contributed by atoms with Gasteiger partial charge in [0.15, 0.2) is 0 Å². The van der Waals surface area contributed by atoms with Crippen LogP contribution in [0.4, 0.5) is 5.69 Å². The van der Waals surface area contributed by atoms with Crippen molar-refractivity contribution >= 4 is 17.3 Å². The van der Waals surface area contributed by atoms with E-state index in [0.717, 1.165) is 16.8 Å². The van der Waals surface area contributed by atoms with Crippen LogP contribution in [-0.4, -0.2) is 17.2 Å². The van der Waals surface area contributed by atoms with Crippen LogP contribution in [0.2, 0.25) is 5.15 Å². The first-order chi connectivity index (χ1) is 9.63. The van der Waals surface area contributed by atoms with Crippen molar-refractivity contribution in [1.82, 2.24) is 4.98 Å². The number of aromatic nitrogens is 1. The molecule has 5 heteroatoms. The van der Waals surface area contributed by atoms with E-state index in [9.17, 15) is 5.11 Å². The smallest absolute Gasteiger partial charge is 0.129 e. The molecule has 0 radical (unpaired) electrons. The van der Waals surface area contributed by atoms with Gasteiger partial charge in [-0.3, -0.25) is 0 Å². The van der Waals surface area contributed by atoms with Gasteiger partial charge in [-0.2, -0.15) is 0 Å². The number of nitrogens with one attached hydrogen (secondary N) is 1. The van der Waals surface area contributed by atoms with Crippen molar-refractivity contribution in [2.45, 2.75) is 19.6 Å². The van der Waals surface area contributed by atoms with Crippen molar-refractivity contribution in [1.29, 1.82) is 0 Å². The van der Waals surface area contributed by atoms with Gasteiger partial charge in [0.25, 0.3) is 0 Å². The van der Waals surface area contributed by atoms with Gasteiger partial charge in [-0.05, 0) is 42.8 Å². The quantitative estimate of drug-likeness (QED) is 0.829. The maximum Gasteiger partial charge on any atom is 0.129 e. The van der Waals surface area contributed by atoms with E-state index in [0.29, 0.717) is 10.9 Å². The normalized spacial score (nSPS) is 12.0. The second-order valence-electron chi connectivity index (χ2n) is 4.46. The summed E-state index contributed by atoms with van der Waals surface area (Å²) in [6.45, 7) is 1.97. The van der Waals surface area contributed by atoms with Crippen LogP contribution in [0.25, 0.3) is 0 Å². The van der Waals surface area contributed by atoms with Crippen LogP contribution >= 0.6 is 11.6 Å². The molecule has 0 saturated carbocycles. The van der Waals surface area contributed by atoms with Gasteiger partial charge < -0.3 is 15.2 Å². The number of hydrogen-bond acceptors (Lipinski definition) is 4. The molecule has 0 spiro atoms. The number of nitrogens with zero attached hydrogens (tertiary/aromatic N) is 1. The number of ether oxygens (including phenoxy) is 1. The number of pyridine rings is 1. The summed E-state index contributed by atoms with van der Waals surface area (Å²) in [5.41, 5.74) is 2.71. The monoisotopic (exact) mass is 292 g/mol. The highest BCUT2D eigenvalue weighted by atomic mass is 35.5. The summed E-state index contributed by atoms with van der Waals surface area (Å²) in [6, 6.07) is 9.45. The van der Waals surface area contributed by atoms with Crippen molar-refractivity contribution in [2.24, 2.45) is 0 Å². The van der Waals surface area contributed by atoms with Gasteiger partial charge in [-0.25, -0.2) is 4.98 Å². The van der Waals surface area contributed by atoms with Gasteiger partial charge in [0.05, 0.1) is 13.7 Å². The van der Waals surface area contributed by atoms with Crippen molar-refractivity contribution in [2.75, 3.05) is 12.4 Å². The third kappa shape index (κ3) is 3.40. The van der Waals surface area contributed by atoms with Crippen LogP contribution in [0.3, 0.4) is 0 Å². The molecule has 2 rings (SSSR count). The molecule has 0 aliphatic rings. The van der Waals surface area contributed by atoms with Crippen LogP contribution in [0.5, 0.6) is 5.75 Å². The Balaban J connectivity index is 2.17. The Kier molecular flexibility index (Phi) is 4.82. The molecular weight excluding hydrogens is 276 g/mol. The zero-order valence-electron chi connectivity index (χ0n) is 11.4. The standard InChI is InChI=1S/C15H17ClN2O2/c1-10(11-5-6-17-15(16)8-11)18-13-3-4-14(20-2)12(7-13)9-19/h3-8,10,18-19H,9H2,1-2H3. The summed E-state index contributed by atoms with van der Waals surface area (Å²) < 4.78 is 5.18. The van der Waals surface area contributed by atoms with Gasteiger partial charge in [0.2, 0.25) is 0 Å². The maximum atomic E-state index is 9.33. The maximum absolute atomic E-state index is 9.33. The topological polar surface area (TPSA) is 54.4 Å². The van der Waals surface area contributed by atoms with E-state index in [4.69, 9.17) is 16.3 Å². The fraction of sp³-hybridized carbons (Fsp3) is 0.267. The Morgan fingerprint density at radius 1 is 1.35 bits per heavy atom. The lowest BCUT2D eigenvalue weighted by Crippen LogP contribution is -2.07. The lowest BCUT2D eigenvalue weighted by Gasteiger charge is -2.17. The Labute approximate surface area is 123 Å². The molecule has 1 heterocycles. The Morgan fingerprint density at radius 3 is 2.80 bits per heavy atom. The molecule has 0 aliphatic carbocycles. The molecule has 2 aromatic rings. The average molecular weight is 293 g/mol.